The van der Waals surface area contributed by atoms with Gasteiger partial charge in [-0.25, -0.2) is 0 Å². The van der Waals surface area contributed by atoms with Gasteiger partial charge in [-0.15, -0.1) is 0 Å². The first-order chi connectivity index (χ1) is 10.2. The van der Waals surface area contributed by atoms with Crippen LogP contribution in [0.1, 0.15) is 15.9 Å². The minimum Gasteiger partial charge on any atom is -0.495 e. The molecule has 0 aliphatic carbocycles. The van der Waals surface area contributed by atoms with Gasteiger partial charge in [-0.3, -0.25) is 4.79 Å². The molecule has 2 aromatic carbocycles. The van der Waals surface area contributed by atoms with E-state index in [1.54, 1.807) is 42.5 Å². The van der Waals surface area contributed by atoms with Gasteiger partial charge < -0.3 is 4.74 Å². The van der Waals surface area contributed by atoms with Crippen molar-refractivity contribution in [3.8, 4) is 11.8 Å². The van der Waals surface area contributed by atoms with Gasteiger partial charge in [-0.2, -0.15) is 5.26 Å². The zero-order valence-electron chi connectivity index (χ0n) is 11.3. The zero-order valence-corrected chi connectivity index (χ0v) is 12.1. The molecule has 2 rings (SSSR count). The maximum absolute atomic E-state index is 12.2. The molecule has 0 amide bonds. The van der Waals surface area contributed by atoms with Gasteiger partial charge in [0.15, 0.2) is 0 Å². The molecule has 0 N–H and O–H groups in total. The van der Waals surface area contributed by atoms with Crippen LogP contribution in [0.15, 0.2) is 54.1 Å². The third-order valence-electron chi connectivity index (χ3n) is 2.89. The lowest BCUT2D eigenvalue weighted by molar-refractivity contribution is 0.104. The van der Waals surface area contributed by atoms with Gasteiger partial charge >= 0.3 is 0 Å². The van der Waals surface area contributed by atoms with Crippen molar-refractivity contribution in [2.24, 2.45) is 0 Å². The summed E-state index contributed by atoms with van der Waals surface area (Å²) in [5.41, 5.74) is 1.20. The molecular formula is C17H12ClNO2. The number of Topliss-reactive ketones (excluding diaryl/α,β-unsaturated/α-hetero) is 1. The highest BCUT2D eigenvalue weighted by Gasteiger charge is 2.12. The second kappa shape index (κ2) is 6.74. The van der Waals surface area contributed by atoms with Gasteiger partial charge in [0, 0.05) is 5.56 Å². The number of hydrogen-bond acceptors (Lipinski definition) is 3. The van der Waals surface area contributed by atoms with Crippen molar-refractivity contribution in [3.63, 3.8) is 0 Å². The Bertz CT molecular complexity index is 730. The Hall–Kier alpha value is -2.57. The van der Waals surface area contributed by atoms with Crippen LogP contribution in [0.3, 0.4) is 0 Å². The van der Waals surface area contributed by atoms with E-state index in [4.69, 9.17) is 16.3 Å². The number of methoxy groups -OCH3 is 1. The number of ether oxygens (including phenoxy) is 1. The molecule has 0 fully saturated rings. The number of ketones is 1. The van der Waals surface area contributed by atoms with E-state index in [9.17, 15) is 10.1 Å². The topological polar surface area (TPSA) is 50.1 Å². The summed E-state index contributed by atoms with van der Waals surface area (Å²) in [6.07, 6.45) is 1.51. The van der Waals surface area contributed by atoms with Crippen molar-refractivity contribution >= 4 is 23.5 Å². The fourth-order valence-corrected chi connectivity index (χ4v) is 2.10. The fraction of sp³-hybridized carbons (Fsp3) is 0.0588. The smallest absolute Gasteiger partial charge is 0.203 e. The predicted molar refractivity (Wildman–Crippen MR) is 82.4 cm³/mol. The molecule has 0 unspecified atom stereocenters. The minimum absolute atomic E-state index is 0.0578. The fourth-order valence-electron chi connectivity index (χ4n) is 1.83. The van der Waals surface area contributed by atoms with E-state index in [-0.39, 0.29) is 11.4 Å². The number of carbonyl (C=O) groups excluding carboxylic acids is 1. The van der Waals surface area contributed by atoms with Crippen molar-refractivity contribution in [1.82, 2.24) is 0 Å². The molecule has 21 heavy (non-hydrogen) atoms. The molecule has 0 aliphatic heterocycles. The Kier molecular flexibility index (Phi) is 4.76. The van der Waals surface area contributed by atoms with Gasteiger partial charge in [0.25, 0.3) is 0 Å². The number of benzene rings is 2. The van der Waals surface area contributed by atoms with Crippen LogP contribution in [0.4, 0.5) is 0 Å². The summed E-state index contributed by atoms with van der Waals surface area (Å²) in [5.74, 6) is 0.228. The van der Waals surface area contributed by atoms with Crippen LogP contribution in [0, 0.1) is 11.3 Å². The van der Waals surface area contributed by atoms with Gasteiger partial charge in [0.05, 0.1) is 12.1 Å². The Labute approximate surface area is 128 Å². The molecule has 0 aromatic heterocycles. The van der Waals surface area contributed by atoms with E-state index in [0.29, 0.717) is 21.9 Å². The summed E-state index contributed by atoms with van der Waals surface area (Å²) in [6.45, 7) is 0. The van der Waals surface area contributed by atoms with E-state index in [1.165, 1.54) is 13.2 Å². The molecule has 0 bridgehead atoms. The summed E-state index contributed by atoms with van der Waals surface area (Å²) in [7, 11) is 1.52. The molecule has 104 valence electrons. The summed E-state index contributed by atoms with van der Waals surface area (Å²) in [5, 5.41) is 9.62. The van der Waals surface area contributed by atoms with Crippen LogP contribution in [-0.4, -0.2) is 12.9 Å². The average molecular weight is 298 g/mol. The number of nitriles is 1. The second-order valence-electron chi connectivity index (χ2n) is 4.26. The molecule has 0 aliphatic rings. The lowest BCUT2D eigenvalue weighted by Crippen LogP contribution is -2.01. The van der Waals surface area contributed by atoms with Crippen LogP contribution in [-0.2, 0) is 0 Å². The lowest BCUT2D eigenvalue weighted by atomic mass is 10.0. The Balaban J connectivity index is 2.36. The largest absolute Gasteiger partial charge is 0.495 e. The molecule has 4 heteroatoms. The van der Waals surface area contributed by atoms with Crippen molar-refractivity contribution in [1.29, 1.82) is 5.26 Å². The third-order valence-corrected chi connectivity index (χ3v) is 3.18. The molecule has 0 spiro atoms. The molecule has 0 heterocycles. The Morgan fingerprint density at radius 1 is 1.24 bits per heavy atom. The van der Waals surface area contributed by atoms with Crippen molar-refractivity contribution in [3.05, 3.63) is 70.3 Å². The summed E-state index contributed by atoms with van der Waals surface area (Å²) >= 11 is 6.03. The summed E-state index contributed by atoms with van der Waals surface area (Å²) in [6, 6.07) is 15.7. The number of carbonyl (C=O) groups is 1. The molecule has 0 saturated heterocycles. The van der Waals surface area contributed by atoms with Crippen LogP contribution in [0.25, 0.3) is 6.08 Å². The summed E-state index contributed by atoms with van der Waals surface area (Å²) < 4.78 is 5.06. The van der Waals surface area contributed by atoms with Crippen molar-refractivity contribution in [2.45, 2.75) is 0 Å². The lowest BCUT2D eigenvalue weighted by Gasteiger charge is -2.04. The van der Waals surface area contributed by atoms with Crippen LogP contribution < -0.4 is 4.74 Å². The van der Waals surface area contributed by atoms with Crippen molar-refractivity contribution < 1.29 is 9.53 Å². The number of halogens is 1. The van der Waals surface area contributed by atoms with Gasteiger partial charge in [-0.05, 0) is 23.8 Å². The number of hydrogen-bond donors (Lipinski definition) is 0. The van der Waals surface area contributed by atoms with Crippen molar-refractivity contribution in [2.75, 3.05) is 7.11 Å². The average Bonchev–Trinajstić information content (AvgIpc) is 2.53. The normalized spacial score (nSPS) is 10.8. The highest BCUT2D eigenvalue weighted by atomic mass is 35.5. The van der Waals surface area contributed by atoms with E-state index in [1.807, 2.05) is 12.1 Å². The first kappa shape index (κ1) is 14.8. The first-order valence-electron chi connectivity index (χ1n) is 6.21. The van der Waals surface area contributed by atoms with Crippen LogP contribution in [0.2, 0.25) is 5.02 Å². The maximum atomic E-state index is 12.2. The van der Waals surface area contributed by atoms with Gasteiger partial charge in [0.2, 0.25) is 5.78 Å². The third kappa shape index (κ3) is 3.50. The van der Waals surface area contributed by atoms with Crippen LogP contribution in [0.5, 0.6) is 5.75 Å². The standard InChI is InChI=1S/C17H12ClNO2/c1-21-16-8-7-12(10-15(16)18)9-14(11-19)17(20)13-5-3-2-4-6-13/h2-10H,1H3/b14-9-. The SMILES string of the molecule is COc1ccc(/C=C(/C#N)C(=O)c2ccccc2)cc1Cl. The molecule has 0 atom stereocenters. The summed E-state index contributed by atoms with van der Waals surface area (Å²) in [4.78, 5) is 12.2. The second-order valence-corrected chi connectivity index (χ2v) is 4.67. The highest BCUT2D eigenvalue weighted by molar-refractivity contribution is 6.32. The number of rotatable bonds is 4. The molecule has 2 aromatic rings. The van der Waals surface area contributed by atoms with Gasteiger partial charge in [0.1, 0.15) is 17.4 Å². The molecule has 0 radical (unpaired) electrons. The molecule has 3 nitrogen and oxygen atoms in total. The van der Waals surface area contributed by atoms with E-state index >= 15 is 0 Å². The molecular weight excluding hydrogens is 286 g/mol. The highest BCUT2D eigenvalue weighted by Crippen LogP contribution is 2.26. The monoisotopic (exact) mass is 297 g/mol. The van der Waals surface area contributed by atoms with E-state index < -0.39 is 0 Å². The van der Waals surface area contributed by atoms with E-state index in [2.05, 4.69) is 0 Å². The Morgan fingerprint density at radius 2 is 1.95 bits per heavy atom. The van der Waals surface area contributed by atoms with Crippen LogP contribution >= 0.6 is 11.6 Å². The number of allylic oxidation sites excluding steroid dienone is 1. The minimum atomic E-state index is -0.315. The van der Waals surface area contributed by atoms with Gasteiger partial charge in [-0.1, -0.05) is 48.0 Å². The Morgan fingerprint density at radius 3 is 2.52 bits per heavy atom. The van der Waals surface area contributed by atoms with E-state index in [0.717, 1.165) is 0 Å². The zero-order chi connectivity index (χ0) is 15.2. The quantitative estimate of drug-likeness (QED) is 0.484. The first-order valence-corrected chi connectivity index (χ1v) is 6.58. The molecule has 0 saturated carbocycles. The number of nitrogens with zero attached hydrogens (tertiary/aromatic N) is 1. The maximum Gasteiger partial charge on any atom is 0.203 e. The predicted octanol–water partition coefficient (Wildman–Crippen LogP) is 4.14.